The average Bonchev–Trinajstić information content (AvgIpc) is 3.01. The number of carbonyl (C=O) groups excluding carboxylic acids is 2. The summed E-state index contributed by atoms with van der Waals surface area (Å²) in [7, 11) is 1.44. The number of ether oxygens (including phenoxy) is 2. The Labute approximate surface area is 130 Å². The van der Waals surface area contributed by atoms with Crippen molar-refractivity contribution in [3.05, 3.63) is 35.9 Å². The van der Waals surface area contributed by atoms with E-state index in [0.717, 1.165) is 10.5 Å². The molecular weight excluding hydrogens is 284 g/mol. The van der Waals surface area contributed by atoms with E-state index in [-0.39, 0.29) is 18.6 Å². The van der Waals surface area contributed by atoms with Crippen LogP contribution < -0.4 is 5.32 Å². The second-order valence-corrected chi connectivity index (χ2v) is 5.21. The lowest BCUT2D eigenvalue weighted by Gasteiger charge is -2.19. The predicted molar refractivity (Wildman–Crippen MR) is 81.2 cm³/mol. The van der Waals surface area contributed by atoms with Crippen molar-refractivity contribution in [1.82, 2.24) is 10.2 Å². The van der Waals surface area contributed by atoms with Gasteiger partial charge in [0, 0.05) is 20.2 Å². The molecule has 0 unspecified atom stereocenters. The third-order valence-corrected chi connectivity index (χ3v) is 3.60. The van der Waals surface area contributed by atoms with Gasteiger partial charge in [0.1, 0.15) is 6.61 Å². The van der Waals surface area contributed by atoms with Gasteiger partial charge in [0.25, 0.3) is 0 Å². The van der Waals surface area contributed by atoms with E-state index >= 15 is 0 Å². The van der Waals surface area contributed by atoms with Crippen molar-refractivity contribution in [1.29, 1.82) is 0 Å². The van der Waals surface area contributed by atoms with Crippen LogP contribution in [0.4, 0.5) is 4.79 Å². The van der Waals surface area contributed by atoms with Crippen molar-refractivity contribution < 1.29 is 19.1 Å². The summed E-state index contributed by atoms with van der Waals surface area (Å²) in [6.07, 6.45) is -0.0496. The molecule has 0 radical (unpaired) electrons. The molecule has 120 valence electrons. The van der Waals surface area contributed by atoms with Gasteiger partial charge in [-0.1, -0.05) is 30.3 Å². The molecule has 1 aliphatic heterocycles. The molecule has 1 fully saturated rings. The molecule has 0 bridgehead atoms. The molecule has 0 aliphatic carbocycles. The molecule has 1 heterocycles. The van der Waals surface area contributed by atoms with Crippen LogP contribution in [0.5, 0.6) is 0 Å². The monoisotopic (exact) mass is 306 g/mol. The number of nitrogens with zero attached hydrogens (tertiary/aromatic N) is 1. The van der Waals surface area contributed by atoms with Gasteiger partial charge in [-0.3, -0.25) is 4.79 Å². The molecule has 1 saturated heterocycles. The Morgan fingerprint density at radius 3 is 2.73 bits per heavy atom. The molecule has 2 atom stereocenters. The van der Waals surface area contributed by atoms with Crippen molar-refractivity contribution in [2.75, 3.05) is 20.2 Å². The molecule has 1 aromatic rings. The Hall–Kier alpha value is -1.92. The van der Waals surface area contributed by atoms with Crippen LogP contribution in [0.25, 0.3) is 0 Å². The first kappa shape index (κ1) is 16.5. The first-order valence-electron chi connectivity index (χ1n) is 7.45. The maximum atomic E-state index is 12.3. The van der Waals surface area contributed by atoms with Crippen molar-refractivity contribution in [3.8, 4) is 0 Å². The fourth-order valence-corrected chi connectivity index (χ4v) is 2.39. The first-order valence-corrected chi connectivity index (χ1v) is 7.45. The summed E-state index contributed by atoms with van der Waals surface area (Å²) in [6.45, 7) is 3.30. The van der Waals surface area contributed by atoms with Crippen LogP contribution >= 0.6 is 0 Å². The minimum absolute atomic E-state index is 0.0210. The number of hydrogen-bond acceptors (Lipinski definition) is 5. The number of rotatable bonds is 5. The lowest BCUT2D eigenvalue weighted by Crippen LogP contribution is -2.44. The molecule has 2 rings (SSSR count). The number of likely N-dealkylation sites (N-methyl/N-ethyl adjacent to an activating group) is 1. The third-order valence-electron chi connectivity index (χ3n) is 3.60. The Balaban J connectivity index is 1.81. The van der Waals surface area contributed by atoms with Gasteiger partial charge >= 0.3 is 6.09 Å². The van der Waals surface area contributed by atoms with E-state index in [0.29, 0.717) is 19.6 Å². The van der Waals surface area contributed by atoms with Gasteiger partial charge in [-0.05, 0) is 18.9 Å². The molecule has 1 N–H and O–H groups in total. The normalized spacial score (nSPS) is 20.6. The Morgan fingerprint density at radius 1 is 1.32 bits per heavy atom. The van der Waals surface area contributed by atoms with Gasteiger partial charge in [0.05, 0.1) is 12.1 Å². The second kappa shape index (κ2) is 7.91. The summed E-state index contributed by atoms with van der Waals surface area (Å²) >= 11 is 0. The smallest absolute Gasteiger partial charge is 0.416 e. The number of hydrogen-bond donors (Lipinski definition) is 1. The Kier molecular flexibility index (Phi) is 5.91. The van der Waals surface area contributed by atoms with Gasteiger partial charge in [-0.25, -0.2) is 9.69 Å². The van der Waals surface area contributed by atoms with E-state index in [9.17, 15) is 9.59 Å². The largest absolute Gasteiger partial charge is 0.444 e. The Bertz CT molecular complexity index is 506. The van der Waals surface area contributed by atoms with E-state index < -0.39 is 12.1 Å². The van der Waals surface area contributed by atoms with Crippen molar-refractivity contribution in [2.45, 2.75) is 32.1 Å². The van der Waals surface area contributed by atoms with E-state index in [4.69, 9.17) is 9.47 Å². The van der Waals surface area contributed by atoms with Gasteiger partial charge < -0.3 is 14.8 Å². The van der Waals surface area contributed by atoms with Crippen LogP contribution in [0.3, 0.4) is 0 Å². The highest BCUT2D eigenvalue weighted by Crippen LogP contribution is 2.13. The van der Waals surface area contributed by atoms with E-state index in [1.165, 1.54) is 7.05 Å². The van der Waals surface area contributed by atoms with Gasteiger partial charge in [-0.2, -0.15) is 0 Å². The van der Waals surface area contributed by atoms with Crippen LogP contribution in [0.2, 0.25) is 0 Å². The van der Waals surface area contributed by atoms with Crippen LogP contribution in [0.1, 0.15) is 18.9 Å². The SMILES string of the molecule is CCO[C@H]1CN[C@H](C(=O)N(C)C(=O)OCc2ccccc2)C1. The maximum absolute atomic E-state index is 12.3. The van der Waals surface area contributed by atoms with E-state index in [2.05, 4.69) is 5.32 Å². The Morgan fingerprint density at radius 2 is 2.05 bits per heavy atom. The molecule has 2 amide bonds. The molecule has 6 nitrogen and oxygen atoms in total. The zero-order chi connectivity index (χ0) is 15.9. The minimum Gasteiger partial charge on any atom is -0.444 e. The average molecular weight is 306 g/mol. The third kappa shape index (κ3) is 4.29. The van der Waals surface area contributed by atoms with Crippen LogP contribution in [0.15, 0.2) is 30.3 Å². The fourth-order valence-electron chi connectivity index (χ4n) is 2.39. The standard InChI is InChI=1S/C16H22N2O4/c1-3-21-13-9-14(17-10-13)15(19)18(2)16(20)22-11-12-7-5-4-6-8-12/h4-8,13-14,17H,3,9-11H2,1-2H3/t13-,14+/m1/s1. The number of benzene rings is 1. The highest BCUT2D eigenvalue weighted by molar-refractivity contribution is 5.94. The second-order valence-electron chi connectivity index (χ2n) is 5.21. The van der Waals surface area contributed by atoms with Crippen molar-refractivity contribution in [3.63, 3.8) is 0 Å². The maximum Gasteiger partial charge on any atom is 0.416 e. The highest BCUT2D eigenvalue weighted by Gasteiger charge is 2.33. The molecule has 0 aromatic heterocycles. The molecule has 0 spiro atoms. The number of imide groups is 1. The number of nitrogens with one attached hydrogen (secondary N) is 1. The molecule has 1 aliphatic rings. The summed E-state index contributed by atoms with van der Waals surface area (Å²) in [5, 5.41) is 3.08. The van der Waals surface area contributed by atoms with E-state index in [1.54, 1.807) is 0 Å². The van der Waals surface area contributed by atoms with Gasteiger partial charge in [-0.15, -0.1) is 0 Å². The van der Waals surface area contributed by atoms with Crippen LogP contribution in [0, 0.1) is 0 Å². The zero-order valence-corrected chi connectivity index (χ0v) is 13.0. The van der Waals surface area contributed by atoms with E-state index in [1.807, 2.05) is 37.3 Å². The quantitative estimate of drug-likeness (QED) is 0.894. The zero-order valence-electron chi connectivity index (χ0n) is 13.0. The first-order chi connectivity index (χ1) is 10.6. The summed E-state index contributed by atoms with van der Waals surface area (Å²) in [5.41, 5.74) is 0.882. The predicted octanol–water partition coefficient (Wildman–Crippen LogP) is 1.55. The van der Waals surface area contributed by atoms with Gasteiger partial charge in [0.2, 0.25) is 5.91 Å². The van der Waals surface area contributed by atoms with Crippen LogP contribution in [-0.4, -0.2) is 49.2 Å². The number of carbonyl (C=O) groups is 2. The lowest BCUT2D eigenvalue weighted by atomic mass is 10.2. The molecule has 6 heteroatoms. The summed E-state index contributed by atoms with van der Waals surface area (Å²) < 4.78 is 10.6. The topological polar surface area (TPSA) is 67.9 Å². The summed E-state index contributed by atoms with van der Waals surface area (Å²) in [6, 6.07) is 8.95. The molecule has 1 aromatic carbocycles. The lowest BCUT2D eigenvalue weighted by molar-refractivity contribution is -0.130. The molecule has 22 heavy (non-hydrogen) atoms. The fraction of sp³-hybridized carbons (Fsp3) is 0.500. The number of amides is 2. The summed E-state index contributed by atoms with van der Waals surface area (Å²) in [4.78, 5) is 25.2. The van der Waals surface area contributed by atoms with Gasteiger partial charge in [0.15, 0.2) is 0 Å². The molecular formula is C16H22N2O4. The minimum atomic E-state index is -0.643. The van der Waals surface area contributed by atoms with Crippen molar-refractivity contribution >= 4 is 12.0 Å². The van der Waals surface area contributed by atoms with Crippen LogP contribution in [-0.2, 0) is 20.9 Å². The van der Waals surface area contributed by atoms with Crippen molar-refractivity contribution in [2.24, 2.45) is 0 Å². The summed E-state index contributed by atoms with van der Waals surface area (Å²) in [5.74, 6) is -0.291. The molecule has 0 saturated carbocycles. The highest BCUT2D eigenvalue weighted by atomic mass is 16.6.